The van der Waals surface area contributed by atoms with Gasteiger partial charge in [-0.3, -0.25) is 4.98 Å². The third-order valence-corrected chi connectivity index (χ3v) is 4.80. The number of halogens is 1. The molecule has 31 heavy (non-hydrogen) atoms. The van der Waals surface area contributed by atoms with E-state index in [0.717, 1.165) is 22.0 Å². The number of aromatic nitrogens is 3. The summed E-state index contributed by atoms with van der Waals surface area (Å²) in [5, 5.41) is 4.92. The van der Waals surface area contributed by atoms with E-state index in [1.807, 2.05) is 54.6 Å². The zero-order valence-corrected chi connectivity index (χ0v) is 16.4. The molecule has 0 aliphatic rings. The Kier molecular flexibility index (Phi) is 4.94. The molecule has 5 aromatic rings. The monoisotopic (exact) mass is 408 g/mol. The Bertz CT molecular complexity index is 1350. The van der Waals surface area contributed by atoms with E-state index in [4.69, 9.17) is 4.74 Å². The fourth-order valence-electron chi connectivity index (χ4n) is 3.30. The molecule has 2 aromatic heterocycles. The van der Waals surface area contributed by atoms with E-state index in [1.54, 1.807) is 30.6 Å². The van der Waals surface area contributed by atoms with Gasteiger partial charge in [0.2, 0.25) is 0 Å². The number of nitrogens with one attached hydrogen (secondary N) is 1. The second-order valence-corrected chi connectivity index (χ2v) is 6.88. The van der Waals surface area contributed by atoms with E-state index in [2.05, 4.69) is 20.3 Å². The number of pyridine rings is 1. The van der Waals surface area contributed by atoms with Crippen molar-refractivity contribution in [1.29, 1.82) is 0 Å². The topological polar surface area (TPSA) is 59.9 Å². The molecule has 1 N–H and O–H groups in total. The number of fused-ring (bicyclic) bond motifs is 1. The third-order valence-electron chi connectivity index (χ3n) is 4.80. The molecule has 3 aromatic carbocycles. The van der Waals surface area contributed by atoms with Crippen LogP contribution in [0.15, 0.2) is 97.6 Å². The highest BCUT2D eigenvalue weighted by Gasteiger charge is 2.10. The summed E-state index contributed by atoms with van der Waals surface area (Å²) in [6.07, 6.45) is 4.91. The van der Waals surface area contributed by atoms with Gasteiger partial charge in [0.1, 0.15) is 17.9 Å². The van der Waals surface area contributed by atoms with Crippen molar-refractivity contribution in [3.8, 4) is 22.8 Å². The Hall–Kier alpha value is -4.32. The number of benzene rings is 3. The first-order valence-electron chi connectivity index (χ1n) is 9.71. The summed E-state index contributed by atoms with van der Waals surface area (Å²) in [6, 6.07) is 23.8. The van der Waals surface area contributed by atoms with Gasteiger partial charge in [-0.2, -0.15) is 0 Å². The van der Waals surface area contributed by atoms with Crippen molar-refractivity contribution in [2.24, 2.45) is 0 Å². The first-order valence-corrected chi connectivity index (χ1v) is 9.71. The predicted molar refractivity (Wildman–Crippen MR) is 119 cm³/mol. The fraction of sp³-hybridized carbons (Fsp3) is 0. The van der Waals surface area contributed by atoms with Gasteiger partial charge in [-0.05, 0) is 24.3 Å². The number of nitrogens with zero attached hydrogens (tertiary/aromatic N) is 3. The molecule has 0 amide bonds. The number of hydrogen-bond donors (Lipinski definition) is 1. The Labute approximate surface area is 178 Å². The van der Waals surface area contributed by atoms with Crippen molar-refractivity contribution >= 4 is 22.3 Å². The van der Waals surface area contributed by atoms with Crippen LogP contribution in [-0.4, -0.2) is 15.0 Å². The van der Waals surface area contributed by atoms with Crippen LogP contribution >= 0.6 is 0 Å². The highest BCUT2D eigenvalue weighted by atomic mass is 19.1. The molecular weight excluding hydrogens is 391 g/mol. The molecule has 0 unspecified atom stereocenters. The van der Waals surface area contributed by atoms with E-state index >= 15 is 0 Å². The van der Waals surface area contributed by atoms with Gasteiger partial charge < -0.3 is 10.1 Å². The van der Waals surface area contributed by atoms with Crippen molar-refractivity contribution < 1.29 is 9.13 Å². The van der Waals surface area contributed by atoms with Crippen LogP contribution in [0.4, 0.5) is 15.9 Å². The molecule has 0 saturated heterocycles. The van der Waals surface area contributed by atoms with Crippen molar-refractivity contribution in [1.82, 2.24) is 15.0 Å². The van der Waals surface area contributed by atoms with Crippen LogP contribution in [0, 0.1) is 5.82 Å². The fourth-order valence-corrected chi connectivity index (χ4v) is 3.30. The summed E-state index contributed by atoms with van der Waals surface area (Å²) in [5.74, 6) is 0.808. The molecule has 0 saturated carbocycles. The van der Waals surface area contributed by atoms with Crippen LogP contribution in [0.1, 0.15) is 0 Å². The first-order chi connectivity index (χ1) is 15.3. The van der Waals surface area contributed by atoms with Crippen molar-refractivity contribution in [3.05, 3.63) is 103 Å². The third kappa shape index (κ3) is 4.04. The Morgan fingerprint density at radius 1 is 0.806 bits per heavy atom. The molecule has 0 aliphatic carbocycles. The van der Waals surface area contributed by atoms with Crippen LogP contribution in [0.25, 0.3) is 22.0 Å². The van der Waals surface area contributed by atoms with E-state index in [9.17, 15) is 4.39 Å². The SMILES string of the molecule is Fc1cc(Nc2cc(-c3ccccc3)ncn2)ccc1Oc1cccc2cnccc12. The highest BCUT2D eigenvalue weighted by molar-refractivity contribution is 5.87. The summed E-state index contributed by atoms with van der Waals surface area (Å²) in [6.45, 7) is 0. The minimum absolute atomic E-state index is 0.141. The molecule has 5 rings (SSSR count). The van der Waals surface area contributed by atoms with Gasteiger partial charge in [0.15, 0.2) is 11.6 Å². The molecule has 150 valence electrons. The molecule has 0 spiro atoms. The van der Waals surface area contributed by atoms with E-state index in [-0.39, 0.29) is 5.75 Å². The van der Waals surface area contributed by atoms with Crippen LogP contribution in [0.5, 0.6) is 11.5 Å². The van der Waals surface area contributed by atoms with Gasteiger partial charge in [-0.1, -0.05) is 42.5 Å². The largest absolute Gasteiger partial charge is 0.454 e. The number of anilines is 2. The molecule has 2 heterocycles. The quantitative estimate of drug-likeness (QED) is 0.366. The summed E-state index contributed by atoms with van der Waals surface area (Å²) >= 11 is 0. The lowest BCUT2D eigenvalue weighted by Crippen LogP contribution is -1.97. The summed E-state index contributed by atoms with van der Waals surface area (Å²) in [4.78, 5) is 12.6. The highest BCUT2D eigenvalue weighted by Crippen LogP contribution is 2.32. The van der Waals surface area contributed by atoms with E-state index in [0.29, 0.717) is 17.3 Å². The van der Waals surface area contributed by atoms with Crippen LogP contribution < -0.4 is 10.1 Å². The second kappa shape index (κ2) is 8.20. The lowest BCUT2D eigenvalue weighted by atomic mass is 10.1. The Morgan fingerprint density at radius 2 is 1.71 bits per heavy atom. The van der Waals surface area contributed by atoms with Gasteiger partial charge in [0.05, 0.1) is 5.69 Å². The van der Waals surface area contributed by atoms with Crippen LogP contribution in [0.3, 0.4) is 0 Å². The zero-order valence-electron chi connectivity index (χ0n) is 16.4. The van der Waals surface area contributed by atoms with Crippen LogP contribution in [-0.2, 0) is 0 Å². The average Bonchev–Trinajstić information content (AvgIpc) is 2.82. The first kappa shape index (κ1) is 18.7. The van der Waals surface area contributed by atoms with Gasteiger partial charge in [-0.15, -0.1) is 0 Å². The van der Waals surface area contributed by atoms with Crippen molar-refractivity contribution in [2.75, 3.05) is 5.32 Å². The molecule has 0 radical (unpaired) electrons. The Balaban J connectivity index is 1.38. The standard InChI is InChI=1S/C25H17FN4O/c26-21-13-19(30-25-14-22(28-16-29-25)17-5-2-1-3-6-17)9-10-24(21)31-23-8-4-7-18-15-27-12-11-20(18)23/h1-16H,(H,28,29,30). The summed E-state index contributed by atoms with van der Waals surface area (Å²) in [7, 11) is 0. The molecule has 0 atom stereocenters. The maximum absolute atomic E-state index is 14.8. The lowest BCUT2D eigenvalue weighted by Gasteiger charge is -2.11. The predicted octanol–water partition coefficient (Wildman–Crippen LogP) is 6.37. The van der Waals surface area contributed by atoms with E-state index < -0.39 is 5.82 Å². The second-order valence-electron chi connectivity index (χ2n) is 6.88. The minimum atomic E-state index is -0.478. The molecule has 0 bridgehead atoms. The van der Waals surface area contributed by atoms with Gasteiger partial charge in [0.25, 0.3) is 0 Å². The van der Waals surface area contributed by atoms with Crippen molar-refractivity contribution in [3.63, 3.8) is 0 Å². The molecule has 6 heteroatoms. The van der Waals surface area contributed by atoms with E-state index in [1.165, 1.54) is 12.4 Å². The molecule has 0 aliphatic heterocycles. The number of rotatable bonds is 5. The zero-order chi connectivity index (χ0) is 21.0. The Morgan fingerprint density at radius 3 is 2.58 bits per heavy atom. The van der Waals surface area contributed by atoms with Crippen LogP contribution in [0.2, 0.25) is 0 Å². The van der Waals surface area contributed by atoms with Gasteiger partial charge in [-0.25, -0.2) is 14.4 Å². The average molecular weight is 408 g/mol. The number of hydrogen-bond acceptors (Lipinski definition) is 5. The summed E-state index contributed by atoms with van der Waals surface area (Å²) in [5.41, 5.74) is 2.32. The van der Waals surface area contributed by atoms with Gasteiger partial charge in [0, 0.05) is 46.5 Å². The lowest BCUT2D eigenvalue weighted by molar-refractivity contribution is 0.447. The maximum Gasteiger partial charge on any atom is 0.167 e. The maximum atomic E-state index is 14.8. The normalized spacial score (nSPS) is 10.7. The molecular formula is C25H17FN4O. The van der Waals surface area contributed by atoms with Crippen molar-refractivity contribution in [2.45, 2.75) is 0 Å². The number of ether oxygens (including phenoxy) is 1. The summed E-state index contributed by atoms with van der Waals surface area (Å²) < 4.78 is 20.6. The molecule has 0 fully saturated rings. The van der Waals surface area contributed by atoms with Gasteiger partial charge >= 0.3 is 0 Å². The minimum Gasteiger partial charge on any atom is -0.454 e. The molecule has 5 nitrogen and oxygen atoms in total. The smallest absolute Gasteiger partial charge is 0.167 e.